The van der Waals surface area contributed by atoms with Crippen LogP contribution in [-0.4, -0.2) is 81.5 Å². The van der Waals surface area contributed by atoms with Crippen LogP contribution in [0.4, 0.5) is 0 Å². The van der Waals surface area contributed by atoms with E-state index in [-0.39, 0.29) is 23.9 Å². The number of aromatic hydroxyl groups is 1. The minimum Gasteiger partial charge on any atom is -0.504 e. The summed E-state index contributed by atoms with van der Waals surface area (Å²) < 4.78 is 10.7. The van der Waals surface area contributed by atoms with Crippen molar-refractivity contribution in [2.24, 2.45) is 0 Å². The normalized spacial score (nSPS) is 37.2. The molecule has 3 aliphatic heterocycles. The van der Waals surface area contributed by atoms with E-state index in [1.807, 2.05) is 0 Å². The number of aliphatic hydroxyl groups excluding tert-OH is 3. The average molecular weight is 392 g/mol. The summed E-state index contributed by atoms with van der Waals surface area (Å²) in [6.45, 7) is 1.46. The van der Waals surface area contributed by atoms with E-state index in [0.29, 0.717) is 11.3 Å². The van der Waals surface area contributed by atoms with Crippen molar-refractivity contribution in [3.05, 3.63) is 17.2 Å². The van der Waals surface area contributed by atoms with Crippen LogP contribution in [0.15, 0.2) is 6.07 Å². The van der Waals surface area contributed by atoms with Gasteiger partial charge in [-0.1, -0.05) is 6.42 Å². The number of fused-ring (bicyclic) bond motifs is 4. The summed E-state index contributed by atoms with van der Waals surface area (Å²) in [5, 5.41) is 45.3. The van der Waals surface area contributed by atoms with Crippen LogP contribution in [0.2, 0.25) is 0 Å². The standard InChI is InChI=1S/C19H24N2O7/c22-14-11-8(6-9-18(14)28-7-27-9)10-12(20-19(11)26)15(23)17(25)16(24)13(10)21-4-2-1-3-5-21/h6,10,12-13,15-17,22-25H,1-5,7H2,(H,20,26)/t10-,12-,13-,15+,16+,17+/m1/s1. The number of aliphatic hydroxyl groups is 3. The predicted octanol–water partition coefficient (Wildman–Crippen LogP) is -0.733. The third-order valence-corrected chi connectivity index (χ3v) is 6.54. The number of amides is 1. The van der Waals surface area contributed by atoms with Gasteiger partial charge in [0.1, 0.15) is 12.2 Å². The molecule has 0 aromatic heterocycles. The Balaban J connectivity index is 1.67. The summed E-state index contributed by atoms with van der Waals surface area (Å²) >= 11 is 0. The van der Waals surface area contributed by atoms with Crippen LogP contribution in [0.1, 0.15) is 41.1 Å². The molecule has 9 nitrogen and oxygen atoms in total. The molecule has 1 amide bonds. The highest BCUT2D eigenvalue weighted by molar-refractivity contribution is 6.01. The van der Waals surface area contributed by atoms with Gasteiger partial charge in [-0.3, -0.25) is 9.69 Å². The second-order valence-electron chi connectivity index (χ2n) is 8.01. The van der Waals surface area contributed by atoms with Gasteiger partial charge < -0.3 is 35.2 Å². The molecule has 2 fully saturated rings. The molecule has 9 heteroatoms. The van der Waals surface area contributed by atoms with Gasteiger partial charge in [0.25, 0.3) is 5.91 Å². The summed E-state index contributed by atoms with van der Waals surface area (Å²) in [5.74, 6) is -0.906. The fraction of sp³-hybridized carbons (Fsp3) is 0.632. The van der Waals surface area contributed by atoms with E-state index in [1.54, 1.807) is 6.07 Å². The molecule has 3 heterocycles. The topological polar surface area (TPSA) is 132 Å². The van der Waals surface area contributed by atoms with Crippen LogP contribution in [0.25, 0.3) is 0 Å². The van der Waals surface area contributed by atoms with Gasteiger partial charge in [-0.25, -0.2) is 0 Å². The van der Waals surface area contributed by atoms with Crippen molar-refractivity contribution in [1.82, 2.24) is 10.2 Å². The number of likely N-dealkylation sites (tertiary alicyclic amines) is 1. The highest BCUT2D eigenvalue weighted by atomic mass is 16.7. The molecule has 152 valence electrons. The van der Waals surface area contributed by atoms with Crippen molar-refractivity contribution >= 4 is 5.91 Å². The van der Waals surface area contributed by atoms with Crippen molar-refractivity contribution in [3.63, 3.8) is 0 Å². The van der Waals surface area contributed by atoms with Crippen molar-refractivity contribution < 1.29 is 34.7 Å². The zero-order valence-corrected chi connectivity index (χ0v) is 15.2. The minimum atomic E-state index is -1.38. The van der Waals surface area contributed by atoms with Gasteiger partial charge in [-0.15, -0.1) is 0 Å². The molecule has 0 bridgehead atoms. The van der Waals surface area contributed by atoms with Crippen molar-refractivity contribution in [3.8, 4) is 17.2 Å². The second kappa shape index (κ2) is 6.48. The number of benzene rings is 1. The highest BCUT2D eigenvalue weighted by Crippen LogP contribution is 2.50. The zero-order chi connectivity index (χ0) is 19.6. The Morgan fingerprint density at radius 2 is 1.79 bits per heavy atom. The molecular formula is C19H24N2O7. The predicted molar refractivity (Wildman–Crippen MR) is 95.5 cm³/mol. The summed E-state index contributed by atoms with van der Waals surface area (Å²) in [6, 6.07) is 0.356. The van der Waals surface area contributed by atoms with Crippen LogP contribution < -0.4 is 14.8 Å². The van der Waals surface area contributed by atoms with Crippen LogP contribution in [0.5, 0.6) is 17.2 Å². The number of hydrogen-bond acceptors (Lipinski definition) is 8. The Kier molecular flexibility index (Phi) is 4.16. The molecule has 5 rings (SSSR count). The molecule has 1 saturated heterocycles. The van der Waals surface area contributed by atoms with E-state index >= 15 is 0 Å². The Morgan fingerprint density at radius 3 is 2.54 bits per heavy atom. The van der Waals surface area contributed by atoms with Gasteiger partial charge in [-0.05, 0) is 37.6 Å². The van der Waals surface area contributed by atoms with Crippen LogP contribution >= 0.6 is 0 Å². The van der Waals surface area contributed by atoms with Gasteiger partial charge >= 0.3 is 0 Å². The molecule has 1 aromatic rings. The van der Waals surface area contributed by atoms with Gasteiger partial charge in [0.05, 0.1) is 17.7 Å². The molecule has 4 aliphatic rings. The number of carbonyl (C=O) groups excluding carboxylic acids is 1. The number of ether oxygens (including phenoxy) is 2. The lowest BCUT2D eigenvalue weighted by Crippen LogP contribution is -2.70. The lowest BCUT2D eigenvalue weighted by molar-refractivity contribution is -0.142. The fourth-order valence-corrected chi connectivity index (χ4v) is 5.24. The lowest BCUT2D eigenvalue weighted by Gasteiger charge is -2.53. The van der Waals surface area contributed by atoms with E-state index in [0.717, 1.165) is 32.4 Å². The lowest BCUT2D eigenvalue weighted by atomic mass is 9.68. The van der Waals surface area contributed by atoms with Crippen LogP contribution in [0.3, 0.4) is 0 Å². The van der Waals surface area contributed by atoms with Gasteiger partial charge in [-0.2, -0.15) is 0 Å². The van der Waals surface area contributed by atoms with Crippen LogP contribution in [0, 0.1) is 0 Å². The number of rotatable bonds is 1. The Labute approximate surface area is 161 Å². The van der Waals surface area contributed by atoms with Gasteiger partial charge in [0.15, 0.2) is 11.5 Å². The van der Waals surface area contributed by atoms with Crippen molar-refractivity contribution in [2.75, 3.05) is 19.9 Å². The van der Waals surface area contributed by atoms with E-state index in [9.17, 15) is 25.2 Å². The molecule has 28 heavy (non-hydrogen) atoms. The molecule has 1 aliphatic carbocycles. The van der Waals surface area contributed by atoms with Crippen LogP contribution in [-0.2, 0) is 0 Å². The molecule has 1 saturated carbocycles. The first-order valence-electron chi connectivity index (χ1n) is 9.73. The molecule has 1 aromatic carbocycles. The van der Waals surface area contributed by atoms with E-state index < -0.39 is 42.2 Å². The smallest absolute Gasteiger partial charge is 0.255 e. The Bertz CT molecular complexity index is 808. The Hall–Kier alpha value is -2.07. The number of hydrogen-bond donors (Lipinski definition) is 5. The maximum absolute atomic E-state index is 12.7. The first kappa shape index (κ1) is 18.0. The molecule has 0 spiro atoms. The van der Waals surface area contributed by atoms with Crippen molar-refractivity contribution in [2.45, 2.75) is 55.6 Å². The summed E-state index contributed by atoms with van der Waals surface area (Å²) in [4.78, 5) is 14.9. The quantitative estimate of drug-likeness (QED) is 0.423. The third-order valence-electron chi connectivity index (χ3n) is 6.54. The molecular weight excluding hydrogens is 368 g/mol. The van der Waals surface area contributed by atoms with E-state index in [1.165, 1.54) is 0 Å². The first-order chi connectivity index (χ1) is 13.5. The molecule has 5 N–H and O–H groups in total. The number of carbonyl (C=O) groups is 1. The maximum atomic E-state index is 12.7. The molecule has 6 atom stereocenters. The summed E-state index contributed by atoms with van der Waals surface area (Å²) in [7, 11) is 0. The molecule has 0 radical (unpaired) electrons. The van der Waals surface area contributed by atoms with E-state index in [4.69, 9.17) is 9.47 Å². The second-order valence-corrected chi connectivity index (χ2v) is 8.01. The zero-order valence-electron chi connectivity index (χ0n) is 15.2. The minimum absolute atomic E-state index is 0.0545. The first-order valence-corrected chi connectivity index (χ1v) is 9.73. The Morgan fingerprint density at radius 1 is 1.04 bits per heavy atom. The summed E-state index contributed by atoms with van der Waals surface area (Å²) in [5.41, 5.74) is 0.569. The van der Waals surface area contributed by atoms with Gasteiger partial charge in [0.2, 0.25) is 12.5 Å². The van der Waals surface area contributed by atoms with Gasteiger partial charge in [0, 0.05) is 12.0 Å². The monoisotopic (exact) mass is 392 g/mol. The van der Waals surface area contributed by atoms with E-state index in [2.05, 4.69) is 10.2 Å². The average Bonchev–Trinajstić information content (AvgIpc) is 3.17. The number of phenolic OH excluding ortho intramolecular Hbond substituents is 1. The number of nitrogens with zero attached hydrogens (tertiary/aromatic N) is 1. The number of nitrogens with one attached hydrogen (secondary N) is 1. The SMILES string of the molecule is O=C1N[C@H]2[C@H](O)[C@H](O)[C@@H](O)[C@H](N3CCCCC3)[C@@H]2c2cc3c(c(O)c21)OCO3. The summed E-state index contributed by atoms with van der Waals surface area (Å²) in [6.07, 6.45) is -0.839. The largest absolute Gasteiger partial charge is 0.504 e. The fourth-order valence-electron chi connectivity index (χ4n) is 5.24. The number of phenols is 1. The molecule has 0 unspecified atom stereocenters. The number of piperidine rings is 1. The maximum Gasteiger partial charge on any atom is 0.255 e. The van der Waals surface area contributed by atoms with Crippen molar-refractivity contribution in [1.29, 1.82) is 0 Å². The third kappa shape index (κ3) is 2.43. The highest BCUT2D eigenvalue weighted by Gasteiger charge is 2.55.